The molecule has 3 rings (SSSR count). The molecule has 2 fully saturated rings. The molecule has 0 saturated carbocycles. The van der Waals surface area contributed by atoms with Gasteiger partial charge in [-0.1, -0.05) is 6.92 Å². The fourth-order valence-corrected chi connectivity index (χ4v) is 4.13. The summed E-state index contributed by atoms with van der Waals surface area (Å²) in [4.78, 5) is 25.9. The quantitative estimate of drug-likeness (QED) is 0.820. The zero-order chi connectivity index (χ0) is 17.3. The number of nitrogens with zero attached hydrogens (tertiary/aromatic N) is 2. The molecule has 2 saturated heterocycles. The number of nitrogens with one attached hydrogen (secondary N) is 1. The molecule has 1 N–H and O–H groups in total. The third-order valence-corrected chi connectivity index (χ3v) is 5.55. The van der Waals surface area contributed by atoms with E-state index in [1.54, 1.807) is 24.3 Å². The van der Waals surface area contributed by atoms with Gasteiger partial charge < -0.3 is 9.64 Å². The summed E-state index contributed by atoms with van der Waals surface area (Å²) < 4.78 is 32.1. The van der Waals surface area contributed by atoms with Gasteiger partial charge in [0.2, 0.25) is 0 Å². The van der Waals surface area contributed by atoms with Gasteiger partial charge in [-0.25, -0.2) is 4.72 Å². The normalized spacial score (nSPS) is 22.8. The number of piperazine rings is 1. The summed E-state index contributed by atoms with van der Waals surface area (Å²) in [7, 11) is -3.75. The summed E-state index contributed by atoms with van der Waals surface area (Å²) in [6.07, 6.45) is 0.900. The Morgan fingerprint density at radius 3 is 2.67 bits per heavy atom. The molecule has 0 radical (unpaired) electrons. The zero-order valence-electron chi connectivity index (χ0n) is 13.3. The van der Waals surface area contributed by atoms with Crippen LogP contribution in [0.3, 0.4) is 0 Å². The van der Waals surface area contributed by atoms with Gasteiger partial charge in [-0.3, -0.25) is 9.59 Å². The molecule has 0 bridgehead atoms. The van der Waals surface area contributed by atoms with E-state index < -0.39 is 22.2 Å². The number of ether oxygens (including phenoxy) is 1. The molecule has 2 heterocycles. The minimum atomic E-state index is -3.75. The summed E-state index contributed by atoms with van der Waals surface area (Å²) in [5.74, 6) is -0.121. The van der Waals surface area contributed by atoms with Gasteiger partial charge in [0.25, 0.3) is 11.8 Å². The predicted molar refractivity (Wildman–Crippen MR) is 85.7 cm³/mol. The first-order valence-corrected chi connectivity index (χ1v) is 9.22. The number of rotatable bonds is 4. The molecule has 1 aromatic carbocycles. The minimum absolute atomic E-state index is 0.0536. The topological polar surface area (TPSA) is 96.0 Å². The molecule has 2 aliphatic rings. The van der Waals surface area contributed by atoms with Gasteiger partial charge in [0.05, 0.1) is 6.61 Å². The first kappa shape index (κ1) is 16.7. The number of amides is 2. The maximum atomic E-state index is 12.6. The van der Waals surface area contributed by atoms with E-state index in [4.69, 9.17) is 4.74 Å². The van der Waals surface area contributed by atoms with Crippen LogP contribution in [-0.4, -0.2) is 61.7 Å². The second-order valence-electron chi connectivity index (χ2n) is 5.72. The predicted octanol–water partition coefficient (Wildman–Crippen LogP) is -0.0236. The van der Waals surface area contributed by atoms with E-state index in [0.717, 1.165) is 10.7 Å². The van der Waals surface area contributed by atoms with Crippen LogP contribution in [0.2, 0.25) is 0 Å². The molecular formula is C15H19N3O5S. The first-order valence-electron chi connectivity index (χ1n) is 7.78. The van der Waals surface area contributed by atoms with E-state index in [-0.39, 0.29) is 25.5 Å². The van der Waals surface area contributed by atoms with Crippen molar-refractivity contribution in [3.05, 3.63) is 29.8 Å². The van der Waals surface area contributed by atoms with Crippen LogP contribution in [0.25, 0.3) is 0 Å². The fraction of sp³-hybridized carbons (Fsp3) is 0.467. The lowest BCUT2D eigenvalue weighted by molar-refractivity contribution is -0.122. The van der Waals surface area contributed by atoms with Crippen LogP contribution in [0.15, 0.2) is 24.3 Å². The van der Waals surface area contributed by atoms with Gasteiger partial charge in [-0.15, -0.1) is 0 Å². The highest BCUT2D eigenvalue weighted by Crippen LogP contribution is 2.21. The SMILES string of the molecule is CCCOc1ccc(C(=O)N2CCN3C(C2)C(=O)NS3(=O)=O)cc1. The van der Waals surface area contributed by atoms with Gasteiger partial charge in [0.1, 0.15) is 11.8 Å². The van der Waals surface area contributed by atoms with Crippen LogP contribution < -0.4 is 9.46 Å². The third kappa shape index (κ3) is 3.09. The lowest BCUT2D eigenvalue weighted by atomic mass is 10.1. The van der Waals surface area contributed by atoms with Gasteiger partial charge in [-0.2, -0.15) is 12.7 Å². The number of fused-ring (bicyclic) bond motifs is 1. The minimum Gasteiger partial charge on any atom is -0.494 e. The highest BCUT2D eigenvalue weighted by molar-refractivity contribution is 7.88. The lowest BCUT2D eigenvalue weighted by Gasteiger charge is -2.34. The van der Waals surface area contributed by atoms with Crippen molar-refractivity contribution in [2.75, 3.05) is 26.2 Å². The summed E-state index contributed by atoms with van der Waals surface area (Å²) in [6, 6.07) is 5.95. The Bertz CT molecular complexity index is 747. The lowest BCUT2D eigenvalue weighted by Crippen LogP contribution is -2.54. The standard InChI is InChI=1S/C15H19N3O5S/c1-2-9-23-12-5-3-11(4-6-12)15(20)17-7-8-18-13(10-17)14(19)16-24(18,21)22/h3-6,13H,2,7-10H2,1H3,(H,16,19). The fourth-order valence-electron chi connectivity index (χ4n) is 2.80. The van der Waals surface area contributed by atoms with Crippen molar-refractivity contribution in [3.63, 3.8) is 0 Å². The van der Waals surface area contributed by atoms with Crippen molar-refractivity contribution in [3.8, 4) is 5.75 Å². The highest BCUT2D eigenvalue weighted by atomic mass is 32.2. The summed E-state index contributed by atoms with van der Waals surface area (Å²) in [5, 5.41) is 0. The maximum Gasteiger partial charge on any atom is 0.304 e. The van der Waals surface area contributed by atoms with E-state index in [1.165, 1.54) is 4.90 Å². The number of hydrogen-bond donors (Lipinski definition) is 1. The van der Waals surface area contributed by atoms with Gasteiger partial charge in [-0.05, 0) is 30.7 Å². The van der Waals surface area contributed by atoms with Crippen LogP contribution in [-0.2, 0) is 15.0 Å². The van der Waals surface area contributed by atoms with Crippen molar-refractivity contribution >= 4 is 22.0 Å². The summed E-state index contributed by atoms with van der Waals surface area (Å²) >= 11 is 0. The van der Waals surface area contributed by atoms with Crippen molar-refractivity contribution in [1.29, 1.82) is 0 Å². The van der Waals surface area contributed by atoms with E-state index in [1.807, 2.05) is 11.6 Å². The smallest absolute Gasteiger partial charge is 0.304 e. The molecule has 130 valence electrons. The number of carbonyl (C=O) groups is 2. The Kier molecular flexibility index (Phi) is 4.46. The van der Waals surface area contributed by atoms with Crippen LogP contribution >= 0.6 is 0 Å². The maximum absolute atomic E-state index is 12.6. The third-order valence-electron chi connectivity index (χ3n) is 4.03. The highest BCUT2D eigenvalue weighted by Gasteiger charge is 2.47. The molecule has 1 unspecified atom stereocenters. The van der Waals surface area contributed by atoms with E-state index in [2.05, 4.69) is 0 Å². The van der Waals surface area contributed by atoms with Gasteiger partial charge >= 0.3 is 10.2 Å². The average molecular weight is 353 g/mol. The molecule has 2 aliphatic heterocycles. The first-order chi connectivity index (χ1) is 11.4. The Hall–Kier alpha value is -2.13. The number of hydrogen-bond acceptors (Lipinski definition) is 5. The Morgan fingerprint density at radius 2 is 2.00 bits per heavy atom. The molecule has 0 aliphatic carbocycles. The Balaban J connectivity index is 1.69. The van der Waals surface area contributed by atoms with Crippen LogP contribution in [0.5, 0.6) is 5.75 Å². The largest absolute Gasteiger partial charge is 0.494 e. The van der Waals surface area contributed by atoms with Crippen molar-refractivity contribution in [2.45, 2.75) is 19.4 Å². The van der Waals surface area contributed by atoms with Crippen LogP contribution in [0.1, 0.15) is 23.7 Å². The zero-order valence-corrected chi connectivity index (χ0v) is 14.1. The van der Waals surface area contributed by atoms with Gasteiger partial charge in [0, 0.05) is 25.2 Å². The summed E-state index contributed by atoms with van der Waals surface area (Å²) in [6.45, 7) is 3.03. The van der Waals surface area contributed by atoms with E-state index >= 15 is 0 Å². The molecule has 2 amide bonds. The van der Waals surface area contributed by atoms with Crippen molar-refractivity contribution in [1.82, 2.24) is 13.9 Å². The van der Waals surface area contributed by atoms with Crippen LogP contribution in [0.4, 0.5) is 0 Å². The Labute approximate surface area is 140 Å². The molecule has 1 aromatic rings. The molecule has 9 heteroatoms. The molecule has 8 nitrogen and oxygen atoms in total. The molecule has 0 spiro atoms. The number of benzene rings is 1. The Morgan fingerprint density at radius 1 is 1.29 bits per heavy atom. The molecule has 0 aromatic heterocycles. The van der Waals surface area contributed by atoms with Gasteiger partial charge in [0.15, 0.2) is 0 Å². The van der Waals surface area contributed by atoms with E-state index in [9.17, 15) is 18.0 Å². The molecule has 1 atom stereocenters. The average Bonchev–Trinajstić information content (AvgIpc) is 2.81. The second-order valence-corrected chi connectivity index (χ2v) is 7.35. The number of carbonyl (C=O) groups excluding carboxylic acids is 2. The van der Waals surface area contributed by atoms with Crippen molar-refractivity contribution < 1.29 is 22.7 Å². The molecule has 24 heavy (non-hydrogen) atoms. The summed E-state index contributed by atoms with van der Waals surface area (Å²) in [5.41, 5.74) is 0.480. The van der Waals surface area contributed by atoms with E-state index in [0.29, 0.717) is 17.9 Å². The van der Waals surface area contributed by atoms with Crippen LogP contribution in [0, 0.1) is 0 Å². The molecular weight excluding hydrogens is 334 g/mol. The monoisotopic (exact) mass is 353 g/mol. The second kappa shape index (κ2) is 6.40. The van der Waals surface area contributed by atoms with Crippen molar-refractivity contribution in [2.24, 2.45) is 0 Å².